The molecular weight excluding hydrogens is 132 g/mol. The van der Waals surface area contributed by atoms with Gasteiger partial charge in [-0.1, -0.05) is 29.9 Å². The maximum Gasteiger partial charge on any atom is -0.0122 e. The van der Waals surface area contributed by atoms with Gasteiger partial charge in [0.05, 0.1) is 0 Å². The standard InChI is InChI=1S/C11H14/c1-9-6-7-10-4-2-3-5-11(10)8-9/h2,4,6-7,11H,3,5,8H2,1H3. The van der Waals surface area contributed by atoms with Gasteiger partial charge in [0.1, 0.15) is 0 Å². The third kappa shape index (κ3) is 1.30. The van der Waals surface area contributed by atoms with Gasteiger partial charge in [-0.2, -0.15) is 0 Å². The molecule has 0 saturated carbocycles. The Hall–Kier alpha value is -0.780. The van der Waals surface area contributed by atoms with Crippen LogP contribution in [0.2, 0.25) is 0 Å². The maximum atomic E-state index is 2.29. The second-order valence-electron chi connectivity index (χ2n) is 3.56. The molecule has 0 spiro atoms. The molecule has 0 bridgehead atoms. The van der Waals surface area contributed by atoms with Crippen LogP contribution in [-0.2, 0) is 0 Å². The molecule has 0 amide bonds. The molecule has 2 rings (SSSR count). The molecule has 0 nitrogen and oxygen atoms in total. The summed E-state index contributed by atoms with van der Waals surface area (Å²) in [5.74, 6) is 0.838. The predicted molar refractivity (Wildman–Crippen MR) is 48.3 cm³/mol. The molecule has 0 aromatic heterocycles. The second kappa shape index (κ2) is 2.69. The van der Waals surface area contributed by atoms with Crippen molar-refractivity contribution in [1.82, 2.24) is 0 Å². The summed E-state index contributed by atoms with van der Waals surface area (Å²) < 4.78 is 0. The van der Waals surface area contributed by atoms with Gasteiger partial charge in [-0.15, -0.1) is 0 Å². The van der Waals surface area contributed by atoms with E-state index in [9.17, 15) is 0 Å². The van der Waals surface area contributed by atoms with E-state index in [0.717, 1.165) is 5.92 Å². The Balaban J connectivity index is 2.27. The zero-order valence-corrected chi connectivity index (χ0v) is 7.01. The molecule has 0 heterocycles. The second-order valence-corrected chi connectivity index (χ2v) is 3.56. The van der Waals surface area contributed by atoms with Crippen LogP contribution in [0.25, 0.3) is 0 Å². The Morgan fingerprint density at radius 2 is 2.27 bits per heavy atom. The average molecular weight is 146 g/mol. The fraction of sp³-hybridized carbons (Fsp3) is 0.455. The highest BCUT2D eigenvalue weighted by Crippen LogP contribution is 2.32. The summed E-state index contributed by atoms with van der Waals surface area (Å²) in [7, 11) is 0. The fourth-order valence-electron chi connectivity index (χ4n) is 1.93. The Bertz CT molecular complexity index is 241. The molecule has 0 saturated heterocycles. The van der Waals surface area contributed by atoms with E-state index in [-0.39, 0.29) is 0 Å². The molecule has 0 N–H and O–H groups in total. The first-order valence-electron chi connectivity index (χ1n) is 4.40. The van der Waals surface area contributed by atoms with E-state index < -0.39 is 0 Å². The summed E-state index contributed by atoms with van der Waals surface area (Å²) >= 11 is 0. The molecule has 1 unspecified atom stereocenters. The Morgan fingerprint density at radius 1 is 1.36 bits per heavy atom. The quantitative estimate of drug-likeness (QED) is 0.492. The van der Waals surface area contributed by atoms with Crippen molar-refractivity contribution >= 4 is 0 Å². The van der Waals surface area contributed by atoms with E-state index in [1.165, 1.54) is 24.8 Å². The number of hydrogen-bond donors (Lipinski definition) is 0. The van der Waals surface area contributed by atoms with E-state index in [1.54, 1.807) is 5.57 Å². The lowest BCUT2D eigenvalue weighted by atomic mass is 9.81. The lowest BCUT2D eigenvalue weighted by Crippen LogP contribution is -2.09. The molecule has 2 aliphatic carbocycles. The Labute approximate surface area is 68.3 Å². The van der Waals surface area contributed by atoms with Crippen molar-refractivity contribution < 1.29 is 0 Å². The molecule has 0 heteroatoms. The maximum absolute atomic E-state index is 2.29. The highest BCUT2D eigenvalue weighted by atomic mass is 14.2. The minimum absolute atomic E-state index is 0.838. The lowest BCUT2D eigenvalue weighted by Gasteiger charge is -2.24. The summed E-state index contributed by atoms with van der Waals surface area (Å²) in [6.45, 7) is 2.23. The van der Waals surface area contributed by atoms with Crippen LogP contribution in [0.15, 0.2) is 35.5 Å². The average Bonchev–Trinajstić information content (AvgIpc) is 2.04. The van der Waals surface area contributed by atoms with Crippen molar-refractivity contribution in [2.75, 3.05) is 0 Å². The Kier molecular flexibility index (Phi) is 1.69. The topological polar surface area (TPSA) is 0 Å². The fourth-order valence-corrected chi connectivity index (χ4v) is 1.93. The molecule has 11 heavy (non-hydrogen) atoms. The van der Waals surface area contributed by atoms with Gasteiger partial charge in [-0.25, -0.2) is 0 Å². The minimum atomic E-state index is 0.838. The molecule has 0 aromatic rings. The molecule has 58 valence electrons. The normalized spacial score (nSPS) is 29.0. The molecule has 0 aliphatic heterocycles. The number of allylic oxidation sites excluding steroid dienone is 6. The van der Waals surface area contributed by atoms with Crippen LogP contribution in [0.1, 0.15) is 26.2 Å². The van der Waals surface area contributed by atoms with Gasteiger partial charge in [0.25, 0.3) is 0 Å². The van der Waals surface area contributed by atoms with Gasteiger partial charge >= 0.3 is 0 Å². The van der Waals surface area contributed by atoms with E-state index >= 15 is 0 Å². The van der Waals surface area contributed by atoms with Crippen molar-refractivity contribution in [3.63, 3.8) is 0 Å². The van der Waals surface area contributed by atoms with E-state index in [0.29, 0.717) is 0 Å². The largest absolute Gasteiger partial charge is 0.0842 e. The first kappa shape index (κ1) is 6.90. The molecule has 2 aliphatic rings. The summed E-state index contributed by atoms with van der Waals surface area (Å²) in [5.41, 5.74) is 3.08. The molecule has 1 atom stereocenters. The number of rotatable bonds is 0. The van der Waals surface area contributed by atoms with Gasteiger partial charge < -0.3 is 0 Å². The molecular formula is C11H14. The molecule has 0 radical (unpaired) electrons. The third-order valence-electron chi connectivity index (χ3n) is 2.59. The van der Waals surface area contributed by atoms with Crippen molar-refractivity contribution in [3.05, 3.63) is 35.5 Å². The molecule has 0 fully saturated rings. The summed E-state index contributed by atoms with van der Waals surface area (Å²) in [5, 5.41) is 0. The lowest BCUT2D eigenvalue weighted by molar-refractivity contribution is 0.551. The third-order valence-corrected chi connectivity index (χ3v) is 2.59. The first-order chi connectivity index (χ1) is 5.36. The van der Waals surface area contributed by atoms with Gasteiger partial charge in [-0.05, 0) is 37.7 Å². The van der Waals surface area contributed by atoms with Gasteiger partial charge in [-0.3, -0.25) is 0 Å². The van der Waals surface area contributed by atoms with Gasteiger partial charge in [0.15, 0.2) is 0 Å². The highest BCUT2D eigenvalue weighted by Gasteiger charge is 2.17. The first-order valence-corrected chi connectivity index (χ1v) is 4.40. The van der Waals surface area contributed by atoms with Crippen LogP contribution in [0.4, 0.5) is 0 Å². The van der Waals surface area contributed by atoms with Crippen molar-refractivity contribution in [2.24, 2.45) is 5.92 Å². The van der Waals surface area contributed by atoms with Crippen LogP contribution in [0.3, 0.4) is 0 Å². The van der Waals surface area contributed by atoms with Crippen LogP contribution in [0, 0.1) is 5.92 Å². The van der Waals surface area contributed by atoms with E-state index in [4.69, 9.17) is 0 Å². The van der Waals surface area contributed by atoms with Crippen LogP contribution in [0.5, 0.6) is 0 Å². The SMILES string of the molecule is CC1=CC=C2C=CCCC2C1. The van der Waals surface area contributed by atoms with Crippen molar-refractivity contribution in [3.8, 4) is 0 Å². The zero-order chi connectivity index (χ0) is 7.68. The minimum Gasteiger partial charge on any atom is -0.0842 e. The van der Waals surface area contributed by atoms with Crippen LogP contribution in [-0.4, -0.2) is 0 Å². The van der Waals surface area contributed by atoms with Gasteiger partial charge in [0, 0.05) is 0 Å². The smallest absolute Gasteiger partial charge is 0.0122 e. The van der Waals surface area contributed by atoms with E-state index in [1.807, 2.05) is 0 Å². The highest BCUT2D eigenvalue weighted by molar-refractivity contribution is 5.34. The number of hydrogen-bond acceptors (Lipinski definition) is 0. The Morgan fingerprint density at radius 3 is 3.18 bits per heavy atom. The summed E-state index contributed by atoms with van der Waals surface area (Å²) in [6, 6.07) is 0. The molecule has 0 aromatic carbocycles. The summed E-state index contributed by atoms with van der Waals surface area (Å²) in [6.07, 6.45) is 13.0. The predicted octanol–water partition coefficient (Wildman–Crippen LogP) is 3.23. The zero-order valence-electron chi connectivity index (χ0n) is 7.01. The van der Waals surface area contributed by atoms with E-state index in [2.05, 4.69) is 31.2 Å². The number of fused-ring (bicyclic) bond motifs is 1. The van der Waals surface area contributed by atoms with Gasteiger partial charge in [0.2, 0.25) is 0 Å². The van der Waals surface area contributed by atoms with Crippen molar-refractivity contribution in [2.45, 2.75) is 26.2 Å². The summed E-state index contributed by atoms with van der Waals surface area (Å²) in [4.78, 5) is 0. The van der Waals surface area contributed by atoms with Crippen molar-refractivity contribution in [1.29, 1.82) is 0 Å². The monoisotopic (exact) mass is 146 g/mol. The van der Waals surface area contributed by atoms with Crippen LogP contribution < -0.4 is 0 Å². The van der Waals surface area contributed by atoms with Crippen LogP contribution >= 0.6 is 0 Å².